The van der Waals surface area contributed by atoms with E-state index in [4.69, 9.17) is 9.47 Å². The van der Waals surface area contributed by atoms with Crippen LogP contribution in [0.4, 0.5) is 0 Å². The molecule has 5 saturated heterocycles. The lowest BCUT2D eigenvalue weighted by Crippen LogP contribution is -2.39. The molecule has 5 N–H and O–H groups in total. The van der Waals surface area contributed by atoms with Gasteiger partial charge in [0.25, 0.3) is 0 Å². The summed E-state index contributed by atoms with van der Waals surface area (Å²) in [5, 5.41) is 16.1. The van der Waals surface area contributed by atoms with E-state index < -0.39 is 0 Å². The van der Waals surface area contributed by atoms with Crippen molar-refractivity contribution in [1.82, 2.24) is 26.6 Å². The molecule has 7 rings (SSSR count). The molecule has 0 unspecified atom stereocenters. The van der Waals surface area contributed by atoms with E-state index in [1.165, 1.54) is 140 Å². The fourth-order valence-electron chi connectivity index (χ4n) is 4.89. The molecule has 0 aromatic carbocycles. The SMILES string of the molecule is C1CCCC1.C1CCCCC1.C1CCNC1.C1CCOCC1.C1CNCCN1.C1COCCN1.C1CSCCN1.CC.CC.CC.CC.CC.CC.CC.CC.CC.CC.CC.CC.CC.CC.CC(C)C.CC(C)C.CC(C)C.CC(C)C.CC(C)C.CC(C)C.CC(C)C. The summed E-state index contributed by atoms with van der Waals surface area (Å²) in [6, 6.07) is 0. The van der Waals surface area contributed by atoms with Gasteiger partial charge in [-0.15, -0.1) is 0 Å². The quantitative estimate of drug-likeness (QED) is 0.164. The maximum absolute atomic E-state index is 5.07. The molecule has 5 aliphatic heterocycles. The van der Waals surface area contributed by atoms with E-state index in [0.717, 1.165) is 107 Å². The molecule has 7 aliphatic rings. The molecule has 0 spiro atoms. The summed E-state index contributed by atoms with van der Waals surface area (Å²) in [5.74, 6) is 8.44. The number of ether oxygens (including phenoxy) is 2. The van der Waals surface area contributed by atoms with E-state index >= 15 is 0 Å². The average molecular weight is 1420 g/mol. The van der Waals surface area contributed by atoms with Crippen LogP contribution in [0.15, 0.2) is 0 Å². The molecule has 2 saturated carbocycles. The van der Waals surface area contributed by atoms with E-state index in [9.17, 15) is 0 Å². The predicted octanol–water partition coefficient (Wildman–Crippen LogP) is 31.0. The lowest BCUT2D eigenvalue weighted by atomic mass is 10.0. The molecule has 7 fully saturated rings. The third-order valence-electron chi connectivity index (χ3n) is 7.43. The molecule has 7 nitrogen and oxygen atoms in total. The molecule has 5 heterocycles. The fraction of sp³-hybridized carbons (Fsp3) is 1.00. The normalized spacial score (nSPS) is 13.5. The number of hydrogen-bond donors (Lipinski definition) is 5. The van der Waals surface area contributed by atoms with Gasteiger partial charge in [-0.1, -0.05) is 410 Å². The molecule has 0 aromatic heterocycles. The molecule has 0 amide bonds. The molecular weight excluding hydrogens is 1190 g/mol. The predicted molar refractivity (Wildman–Crippen MR) is 480 cm³/mol. The molecule has 8 heteroatoms. The first-order chi connectivity index (χ1) is 46.1. The van der Waals surface area contributed by atoms with Crippen LogP contribution in [0.5, 0.6) is 0 Å². The first-order valence-electron chi connectivity index (χ1n) is 43.4. The van der Waals surface area contributed by atoms with Crippen LogP contribution in [0, 0.1) is 41.4 Å². The average Bonchev–Trinajstić information content (AvgIpc) is 4.46. The Morgan fingerprint density at radius 1 is 0.167 bits per heavy atom. The zero-order valence-corrected chi connectivity index (χ0v) is 80.2. The van der Waals surface area contributed by atoms with Crippen molar-refractivity contribution in [2.24, 2.45) is 41.4 Å². The highest BCUT2D eigenvalue weighted by atomic mass is 32.2. The van der Waals surface area contributed by atoms with E-state index in [-0.39, 0.29) is 0 Å². The molecule has 618 valence electrons. The van der Waals surface area contributed by atoms with Gasteiger partial charge in [-0.05, 0) is 86.6 Å². The molecule has 0 bridgehead atoms. The summed E-state index contributed by atoms with van der Waals surface area (Å²) in [5.41, 5.74) is 0. The van der Waals surface area contributed by atoms with Gasteiger partial charge in [-0.25, -0.2) is 0 Å². The molecular formula is C88H223N5O2S. The number of hydrogen-bond acceptors (Lipinski definition) is 8. The van der Waals surface area contributed by atoms with Crippen molar-refractivity contribution < 1.29 is 9.47 Å². The summed E-state index contributed by atoms with van der Waals surface area (Å²) in [4.78, 5) is 0. The smallest absolute Gasteiger partial charge is 0.0591 e. The Hall–Kier alpha value is 0.0700. The Bertz CT molecular complexity index is 501. The summed E-state index contributed by atoms with van der Waals surface area (Å²) in [6.45, 7) is 117. The van der Waals surface area contributed by atoms with Gasteiger partial charge in [-0.3, -0.25) is 0 Å². The van der Waals surface area contributed by atoms with Crippen molar-refractivity contribution in [1.29, 1.82) is 0 Å². The summed E-state index contributed by atoms with van der Waals surface area (Å²) in [7, 11) is 0. The van der Waals surface area contributed by atoms with Crippen LogP contribution in [0.1, 0.15) is 442 Å². The minimum absolute atomic E-state index is 0.833. The van der Waals surface area contributed by atoms with Gasteiger partial charge in [-0.2, -0.15) is 11.8 Å². The lowest BCUT2D eigenvalue weighted by molar-refractivity contribution is 0.0968. The highest BCUT2D eigenvalue weighted by molar-refractivity contribution is 7.99. The standard InChI is InChI=1S/C6H12.C5H10O.C5H10.C4H10N2.C4H9NO.C4H9NS.C4H9N.7C4H10.14C2H6/c2*1-2-4-6-5-3-1;1-2-4-5-3-1;1-2-6-4-3-5-1;2*1-3-6-4-2-5-1;1-2-4-5-3-1;7*1-4(2)3;14*1-2/h1-6H2;1-5H2;1-5H2;5-6H,1-4H2;2*5H,1-4H2;5H,1-4H2;7*4H,1-3H3;14*1-2H3. The zero-order chi connectivity index (χ0) is 81.3. The van der Waals surface area contributed by atoms with E-state index in [2.05, 4.69) is 172 Å². The summed E-state index contributed by atoms with van der Waals surface area (Å²) in [6.07, 6.45) is 23.2. The topological polar surface area (TPSA) is 78.6 Å². The van der Waals surface area contributed by atoms with Gasteiger partial charge in [0.15, 0.2) is 0 Å². The first-order valence-corrected chi connectivity index (χ1v) is 44.5. The van der Waals surface area contributed by atoms with Gasteiger partial charge in [0.05, 0.1) is 13.2 Å². The van der Waals surface area contributed by atoms with E-state index in [1.54, 1.807) is 0 Å². The number of thioether (sulfide) groups is 1. The molecule has 0 aromatic rings. The van der Waals surface area contributed by atoms with Crippen LogP contribution in [0.2, 0.25) is 0 Å². The number of morpholine rings is 1. The largest absolute Gasteiger partial charge is 0.381 e. The van der Waals surface area contributed by atoms with Crippen LogP contribution in [-0.2, 0) is 9.47 Å². The molecule has 0 radical (unpaired) electrons. The van der Waals surface area contributed by atoms with Gasteiger partial charge >= 0.3 is 0 Å². The second-order valence-electron chi connectivity index (χ2n) is 23.4. The molecule has 96 heavy (non-hydrogen) atoms. The highest BCUT2D eigenvalue weighted by Gasteiger charge is 1.98. The van der Waals surface area contributed by atoms with E-state index in [0.29, 0.717) is 0 Å². The van der Waals surface area contributed by atoms with Gasteiger partial charge in [0.1, 0.15) is 0 Å². The zero-order valence-electron chi connectivity index (χ0n) is 79.4. The Balaban J connectivity index is -0.0000000324. The minimum atomic E-state index is 0.833. The Morgan fingerprint density at radius 2 is 0.302 bits per heavy atom. The van der Waals surface area contributed by atoms with Crippen molar-refractivity contribution in [3.05, 3.63) is 0 Å². The second-order valence-corrected chi connectivity index (χ2v) is 24.6. The van der Waals surface area contributed by atoms with Crippen molar-refractivity contribution >= 4 is 11.8 Å². The van der Waals surface area contributed by atoms with Crippen molar-refractivity contribution in [3.63, 3.8) is 0 Å². The third kappa shape index (κ3) is 507. The van der Waals surface area contributed by atoms with Crippen LogP contribution in [0.3, 0.4) is 0 Å². The fourth-order valence-corrected chi connectivity index (χ4v) is 5.67. The number of piperazine rings is 1. The minimum Gasteiger partial charge on any atom is -0.381 e. The second kappa shape index (κ2) is 226. The van der Waals surface area contributed by atoms with Crippen LogP contribution < -0.4 is 26.6 Å². The van der Waals surface area contributed by atoms with Crippen LogP contribution >= 0.6 is 11.8 Å². The lowest BCUT2D eigenvalue weighted by Gasteiger charge is -2.11. The highest BCUT2D eigenvalue weighted by Crippen LogP contribution is 2.16. The Morgan fingerprint density at radius 3 is 0.365 bits per heavy atom. The van der Waals surface area contributed by atoms with Crippen LogP contribution in [-0.4, -0.2) is 103 Å². The molecule has 0 atom stereocenters. The van der Waals surface area contributed by atoms with Crippen molar-refractivity contribution in [2.45, 2.75) is 442 Å². The van der Waals surface area contributed by atoms with Gasteiger partial charge in [0.2, 0.25) is 0 Å². The van der Waals surface area contributed by atoms with E-state index in [1.807, 2.05) is 206 Å². The molecule has 2 aliphatic carbocycles. The number of rotatable bonds is 0. The maximum atomic E-state index is 5.07. The maximum Gasteiger partial charge on any atom is 0.0591 e. The van der Waals surface area contributed by atoms with Crippen molar-refractivity contribution in [3.8, 4) is 0 Å². The first kappa shape index (κ1) is 154. The Labute approximate surface area is 631 Å². The van der Waals surface area contributed by atoms with Gasteiger partial charge in [0, 0.05) is 77.1 Å². The monoisotopic (exact) mass is 1410 g/mol. The summed E-state index contributed by atoms with van der Waals surface area (Å²) >= 11 is 2.03. The third-order valence-corrected chi connectivity index (χ3v) is 8.42. The number of nitrogens with one attached hydrogen (secondary N) is 5. The van der Waals surface area contributed by atoms with Gasteiger partial charge < -0.3 is 36.1 Å². The summed E-state index contributed by atoms with van der Waals surface area (Å²) < 4.78 is 10.1. The van der Waals surface area contributed by atoms with Crippen molar-refractivity contribution in [2.75, 3.05) is 103 Å². The van der Waals surface area contributed by atoms with Crippen LogP contribution in [0.25, 0.3) is 0 Å². The Kier molecular flexibility index (Phi) is 362.